The maximum atomic E-state index is 4.57. The summed E-state index contributed by atoms with van der Waals surface area (Å²) in [5.74, 6) is 1.15. The van der Waals surface area contributed by atoms with E-state index in [4.69, 9.17) is 0 Å². The zero-order valence-electron chi connectivity index (χ0n) is 15.3. The average Bonchev–Trinajstić information content (AvgIpc) is 2.90. The molecule has 0 fully saturated rings. The highest BCUT2D eigenvalue weighted by Gasteiger charge is 2.38. The van der Waals surface area contributed by atoms with Crippen LogP contribution in [0.3, 0.4) is 0 Å². The molecule has 3 aromatic rings. The van der Waals surface area contributed by atoms with Gasteiger partial charge in [-0.3, -0.25) is 4.98 Å². The van der Waals surface area contributed by atoms with Gasteiger partial charge in [0.1, 0.15) is 0 Å². The topological polar surface area (TPSA) is 21.1 Å². The van der Waals surface area contributed by atoms with Crippen LogP contribution in [0, 0.1) is 13.8 Å². The molecule has 2 atom stereocenters. The molecule has 4 heterocycles. The van der Waals surface area contributed by atoms with Crippen molar-refractivity contribution in [2.24, 2.45) is 0 Å². The lowest BCUT2D eigenvalue weighted by atomic mass is 9.77. The summed E-state index contributed by atoms with van der Waals surface area (Å²) in [4.78, 5) is 7.07. The van der Waals surface area contributed by atoms with Crippen LogP contribution in [-0.4, -0.2) is 28.0 Å². The third-order valence-corrected chi connectivity index (χ3v) is 6.17. The first kappa shape index (κ1) is 15.2. The van der Waals surface area contributed by atoms with Gasteiger partial charge in [0.05, 0.1) is 0 Å². The molecule has 2 unspecified atom stereocenters. The number of aromatic nitrogens is 2. The molecule has 3 heteroatoms. The van der Waals surface area contributed by atoms with E-state index < -0.39 is 0 Å². The highest BCUT2D eigenvalue weighted by atomic mass is 15.1. The summed E-state index contributed by atoms with van der Waals surface area (Å²) in [5, 5.41) is 1.47. The first-order valence-corrected chi connectivity index (χ1v) is 9.34. The Bertz CT molecular complexity index is 952. The molecule has 3 nitrogen and oxygen atoms in total. The van der Waals surface area contributed by atoms with Crippen molar-refractivity contribution in [3.8, 4) is 0 Å². The van der Waals surface area contributed by atoms with Crippen LogP contribution in [0.5, 0.6) is 0 Å². The van der Waals surface area contributed by atoms with Crippen LogP contribution in [-0.2, 0) is 13.1 Å². The molecule has 0 spiro atoms. The minimum absolute atomic E-state index is 0.569. The Morgan fingerprint density at radius 3 is 2.76 bits per heavy atom. The second-order valence-electron chi connectivity index (χ2n) is 7.97. The summed E-state index contributed by atoms with van der Waals surface area (Å²) in [5.41, 5.74) is 8.44. The van der Waals surface area contributed by atoms with Gasteiger partial charge >= 0.3 is 0 Å². The SMILES string of the molecule is Cc1ccc2c(c1)c1c3n2CCC(c2ccc(C)nc2)C3CN(C)C1. The highest BCUT2D eigenvalue weighted by Crippen LogP contribution is 2.47. The van der Waals surface area contributed by atoms with Crippen molar-refractivity contribution in [3.63, 3.8) is 0 Å². The van der Waals surface area contributed by atoms with Crippen LogP contribution in [0.4, 0.5) is 0 Å². The summed E-state index contributed by atoms with van der Waals surface area (Å²) >= 11 is 0. The number of pyridine rings is 1. The summed E-state index contributed by atoms with van der Waals surface area (Å²) in [6.07, 6.45) is 3.31. The number of likely N-dealkylation sites (N-methyl/N-ethyl adjacent to an activating group) is 1. The van der Waals surface area contributed by atoms with Crippen LogP contribution >= 0.6 is 0 Å². The Balaban J connectivity index is 1.70. The molecule has 0 saturated heterocycles. The lowest BCUT2D eigenvalue weighted by molar-refractivity contribution is 0.236. The molecule has 0 radical (unpaired) electrons. The van der Waals surface area contributed by atoms with Crippen molar-refractivity contribution in [2.45, 2.75) is 45.2 Å². The van der Waals surface area contributed by atoms with Crippen molar-refractivity contribution < 1.29 is 0 Å². The number of rotatable bonds is 1. The third kappa shape index (κ3) is 2.26. The van der Waals surface area contributed by atoms with Gasteiger partial charge in [-0.05, 0) is 62.6 Å². The lowest BCUT2D eigenvalue weighted by Gasteiger charge is -2.40. The zero-order chi connectivity index (χ0) is 17.1. The summed E-state index contributed by atoms with van der Waals surface area (Å²) < 4.78 is 2.61. The Morgan fingerprint density at radius 1 is 1.08 bits per heavy atom. The van der Waals surface area contributed by atoms with Gasteiger partial charge in [-0.1, -0.05) is 17.7 Å². The van der Waals surface area contributed by atoms with E-state index in [1.165, 1.54) is 28.5 Å². The van der Waals surface area contributed by atoms with E-state index in [0.29, 0.717) is 11.8 Å². The molecule has 2 aromatic heterocycles. The van der Waals surface area contributed by atoms with E-state index in [-0.39, 0.29) is 0 Å². The number of hydrogen-bond donors (Lipinski definition) is 0. The lowest BCUT2D eigenvalue weighted by Crippen LogP contribution is -2.37. The molecule has 0 aliphatic carbocycles. The van der Waals surface area contributed by atoms with Gasteiger partial charge in [0.15, 0.2) is 0 Å². The average molecular weight is 331 g/mol. The molecule has 5 rings (SSSR count). The molecule has 2 aliphatic heterocycles. The molecule has 25 heavy (non-hydrogen) atoms. The van der Waals surface area contributed by atoms with Crippen molar-refractivity contribution in [2.75, 3.05) is 13.6 Å². The van der Waals surface area contributed by atoms with Gasteiger partial charge in [-0.15, -0.1) is 0 Å². The molecular formula is C22H25N3. The fourth-order valence-corrected chi connectivity index (χ4v) is 5.03. The standard InChI is InChI=1S/C22H25N3/c1-14-4-7-21-18(10-14)20-13-24(3)12-19-17(8-9-25(21)22(19)20)16-6-5-15(2)23-11-16/h4-7,10-11,17,19H,8-9,12-13H2,1-3H3. The third-order valence-electron chi connectivity index (χ3n) is 6.17. The summed E-state index contributed by atoms with van der Waals surface area (Å²) in [6, 6.07) is 11.4. The summed E-state index contributed by atoms with van der Waals surface area (Å²) in [7, 11) is 2.26. The van der Waals surface area contributed by atoms with Gasteiger partial charge in [0.25, 0.3) is 0 Å². The van der Waals surface area contributed by atoms with Gasteiger partial charge < -0.3 is 9.47 Å². The van der Waals surface area contributed by atoms with E-state index in [0.717, 1.165) is 25.3 Å². The molecule has 1 aromatic carbocycles. The van der Waals surface area contributed by atoms with E-state index in [9.17, 15) is 0 Å². The molecular weight excluding hydrogens is 306 g/mol. The second-order valence-corrected chi connectivity index (χ2v) is 7.97. The first-order chi connectivity index (χ1) is 12.1. The second kappa shape index (κ2) is 5.43. The maximum absolute atomic E-state index is 4.57. The molecule has 0 saturated carbocycles. The van der Waals surface area contributed by atoms with Crippen LogP contribution in [0.15, 0.2) is 36.5 Å². The zero-order valence-corrected chi connectivity index (χ0v) is 15.3. The smallest absolute Gasteiger partial charge is 0.0486 e. The van der Waals surface area contributed by atoms with Crippen molar-refractivity contribution in [1.82, 2.24) is 14.5 Å². The minimum Gasteiger partial charge on any atom is -0.344 e. The number of hydrogen-bond acceptors (Lipinski definition) is 2. The van der Waals surface area contributed by atoms with E-state index in [2.05, 4.69) is 71.9 Å². The Kier molecular flexibility index (Phi) is 3.29. The van der Waals surface area contributed by atoms with Crippen LogP contribution in [0.1, 0.15) is 46.3 Å². The van der Waals surface area contributed by atoms with Crippen molar-refractivity contribution in [1.29, 1.82) is 0 Å². The van der Waals surface area contributed by atoms with Gasteiger partial charge in [0.2, 0.25) is 0 Å². The predicted octanol–water partition coefficient (Wildman–Crippen LogP) is 4.37. The number of benzene rings is 1. The highest BCUT2D eigenvalue weighted by molar-refractivity contribution is 5.87. The monoisotopic (exact) mass is 331 g/mol. The van der Waals surface area contributed by atoms with Crippen molar-refractivity contribution in [3.05, 3.63) is 64.6 Å². The van der Waals surface area contributed by atoms with Crippen LogP contribution in [0.25, 0.3) is 10.9 Å². The minimum atomic E-state index is 0.569. The molecule has 0 bridgehead atoms. The predicted molar refractivity (Wildman–Crippen MR) is 102 cm³/mol. The van der Waals surface area contributed by atoms with Gasteiger partial charge in [0, 0.05) is 54.0 Å². The molecule has 0 N–H and O–H groups in total. The van der Waals surface area contributed by atoms with E-state index >= 15 is 0 Å². The number of fused-ring (bicyclic) bond motifs is 3. The normalized spacial score (nSPS) is 23.0. The fourth-order valence-electron chi connectivity index (χ4n) is 5.03. The first-order valence-electron chi connectivity index (χ1n) is 9.34. The number of aryl methyl sites for hydroxylation is 3. The van der Waals surface area contributed by atoms with Crippen LogP contribution < -0.4 is 0 Å². The van der Waals surface area contributed by atoms with Gasteiger partial charge in [-0.25, -0.2) is 0 Å². The van der Waals surface area contributed by atoms with E-state index in [1.807, 2.05) is 0 Å². The Morgan fingerprint density at radius 2 is 1.96 bits per heavy atom. The summed E-state index contributed by atoms with van der Waals surface area (Å²) in [6.45, 7) is 7.59. The Hall–Kier alpha value is -2.13. The Labute approximate surface area is 149 Å². The molecule has 2 aliphatic rings. The van der Waals surface area contributed by atoms with Crippen LogP contribution in [0.2, 0.25) is 0 Å². The maximum Gasteiger partial charge on any atom is 0.0486 e. The molecule has 128 valence electrons. The quantitative estimate of drug-likeness (QED) is 0.660. The van der Waals surface area contributed by atoms with Gasteiger partial charge in [-0.2, -0.15) is 0 Å². The fraction of sp³-hybridized carbons (Fsp3) is 0.409. The molecule has 0 amide bonds. The largest absolute Gasteiger partial charge is 0.344 e. The number of nitrogens with zero attached hydrogens (tertiary/aromatic N) is 3. The van der Waals surface area contributed by atoms with Crippen molar-refractivity contribution >= 4 is 10.9 Å². The van der Waals surface area contributed by atoms with E-state index in [1.54, 1.807) is 11.3 Å².